The molecule has 2 aromatic heterocycles. The van der Waals surface area contributed by atoms with Crippen LogP contribution in [-0.4, -0.2) is 44.9 Å². The lowest BCUT2D eigenvalue weighted by atomic mass is 9.74. The van der Waals surface area contributed by atoms with Crippen LogP contribution in [0.5, 0.6) is 0 Å². The summed E-state index contributed by atoms with van der Waals surface area (Å²) in [5, 5.41) is 9.04. The number of nitrogens with zero attached hydrogens (tertiary/aromatic N) is 5. The molecule has 148 valence electrons. The molecular weight excluding hydrogens is 387 g/mol. The number of aryl methyl sites for hydroxylation is 2. The Morgan fingerprint density at radius 2 is 1.96 bits per heavy atom. The smallest absolute Gasteiger partial charge is 0.342 e. The lowest BCUT2D eigenvalue weighted by molar-refractivity contribution is -0.141. The minimum Gasteiger partial charge on any atom is -0.342 e. The molecule has 2 fully saturated rings. The van der Waals surface area contributed by atoms with E-state index in [4.69, 9.17) is 5.26 Å². The van der Waals surface area contributed by atoms with Crippen molar-refractivity contribution in [2.75, 3.05) is 26.2 Å². The van der Waals surface area contributed by atoms with Gasteiger partial charge in [-0.2, -0.15) is 18.4 Å². The second kappa shape index (κ2) is 6.79. The molecule has 0 aromatic carbocycles. The predicted octanol–water partition coefficient (Wildman–Crippen LogP) is 3.44. The van der Waals surface area contributed by atoms with Gasteiger partial charge in [-0.15, -0.1) is 0 Å². The van der Waals surface area contributed by atoms with E-state index in [0.29, 0.717) is 11.4 Å². The van der Waals surface area contributed by atoms with Crippen LogP contribution in [0.2, 0.25) is 0 Å². The zero-order valence-electron chi connectivity index (χ0n) is 15.6. The quantitative estimate of drug-likeness (QED) is 0.727. The van der Waals surface area contributed by atoms with Gasteiger partial charge < -0.3 is 4.57 Å². The normalized spacial score (nSPS) is 19.3. The fourth-order valence-electron chi connectivity index (χ4n) is 4.01. The Morgan fingerprint density at radius 3 is 2.54 bits per heavy atom. The Kier molecular flexibility index (Phi) is 4.68. The van der Waals surface area contributed by atoms with Crippen LogP contribution in [0.4, 0.5) is 13.2 Å². The van der Waals surface area contributed by atoms with Crippen molar-refractivity contribution < 1.29 is 13.2 Å². The molecule has 0 unspecified atom stereocenters. The van der Waals surface area contributed by atoms with Crippen LogP contribution in [0.1, 0.15) is 22.6 Å². The lowest BCUT2D eigenvalue weighted by Crippen LogP contribution is -2.70. The van der Waals surface area contributed by atoms with Crippen LogP contribution >= 0.6 is 11.9 Å². The van der Waals surface area contributed by atoms with Gasteiger partial charge in [0.25, 0.3) is 0 Å². The van der Waals surface area contributed by atoms with E-state index in [2.05, 4.69) is 20.3 Å². The molecule has 9 heteroatoms. The minimum absolute atomic E-state index is 0.285. The van der Waals surface area contributed by atoms with Crippen molar-refractivity contribution in [3.05, 3.63) is 47.0 Å². The maximum Gasteiger partial charge on any atom is 0.433 e. The molecule has 1 spiro atoms. The third kappa shape index (κ3) is 3.64. The molecule has 0 saturated carbocycles. The molecule has 4 heterocycles. The summed E-state index contributed by atoms with van der Waals surface area (Å²) in [5.41, 5.74) is 1.66. The molecular formula is C19H20F3N5S. The van der Waals surface area contributed by atoms with Gasteiger partial charge in [-0.25, -0.2) is 9.29 Å². The first-order valence-electron chi connectivity index (χ1n) is 8.93. The third-order valence-corrected chi connectivity index (χ3v) is 6.42. The van der Waals surface area contributed by atoms with E-state index in [1.54, 1.807) is 6.92 Å². The van der Waals surface area contributed by atoms with E-state index in [0.717, 1.165) is 49.2 Å². The Bertz CT molecular complexity index is 932. The van der Waals surface area contributed by atoms with Gasteiger partial charge in [0.1, 0.15) is 17.5 Å². The van der Waals surface area contributed by atoms with Gasteiger partial charge in [0, 0.05) is 56.3 Å². The average molecular weight is 407 g/mol. The number of hydrogen-bond donors (Lipinski definition) is 0. The maximum atomic E-state index is 12.7. The summed E-state index contributed by atoms with van der Waals surface area (Å²) in [5.74, 6) is 0. The summed E-state index contributed by atoms with van der Waals surface area (Å²) in [6.45, 7) is 6.32. The molecule has 2 saturated heterocycles. The number of rotatable bonds is 4. The molecule has 0 N–H and O–H groups in total. The van der Waals surface area contributed by atoms with E-state index in [-0.39, 0.29) is 5.41 Å². The minimum atomic E-state index is -4.41. The van der Waals surface area contributed by atoms with Crippen LogP contribution in [0, 0.1) is 23.7 Å². The van der Waals surface area contributed by atoms with E-state index in [1.165, 1.54) is 18.0 Å². The third-order valence-electron chi connectivity index (χ3n) is 5.28. The highest BCUT2D eigenvalue weighted by Gasteiger charge is 2.51. The molecule has 0 radical (unpaired) electrons. The lowest BCUT2D eigenvalue weighted by Gasteiger charge is -2.60. The number of halogens is 3. The average Bonchev–Trinajstić information content (AvgIpc) is 2.91. The van der Waals surface area contributed by atoms with Gasteiger partial charge in [0.15, 0.2) is 0 Å². The number of alkyl halides is 3. The molecule has 28 heavy (non-hydrogen) atoms. The van der Waals surface area contributed by atoms with Crippen molar-refractivity contribution in [3.8, 4) is 6.07 Å². The van der Waals surface area contributed by atoms with Gasteiger partial charge >= 0.3 is 6.18 Å². The van der Waals surface area contributed by atoms with Crippen molar-refractivity contribution in [1.29, 1.82) is 5.26 Å². The fourth-order valence-corrected chi connectivity index (χ4v) is 5.27. The van der Waals surface area contributed by atoms with Crippen LogP contribution in [-0.2, 0) is 19.8 Å². The van der Waals surface area contributed by atoms with E-state index < -0.39 is 11.9 Å². The van der Waals surface area contributed by atoms with Gasteiger partial charge in [-0.1, -0.05) is 0 Å². The second-order valence-electron chi connectivity index (χ2n) is 7.77. The molecule has 2 aliphatic rings. The Labute approximate surface area is 165 Å². The van der Waals surface area contributed by atoms with Crippen molar-refractivity contribution in [2.45, 2.75) is 24.5 Å². The molecule has 0 atom stereocenters. The van der Waals surface area contributed by atoms with Gasteiger partial charge in [0.2, 0.25) is 0 Å². The first-order chi connectivity index (χ1) is 13.2. The summed E-state index contributed by atoms with van der Waals surface area (Å²) in [4.78, 5) is 6.83. The summed E-state index contributed by atoms with van der Waals surface area (Å²) < 4.78 is 42.2. The highest BCUT2D eigenvalue weighted by atomic mass is 32.2. The van der Waals surface area contributed by atoms with Crippen LogP contribution in [0.15, 0.2) is 29.3 Å². The molecule has 4 rings (SSSR count). The first kappa shape index (κ1) is 19.3. The zero-order valence-corrected chi connectivity index (χ0v) is 16.4. The summed E-state index contributed by atoms with van der Waals surface area (Å²) >= 11 is 1.49. The fraction of sp³-hybridized carbons (Fsp3) is 0.474. The molecule has 0 bridgehead atoms. The highest BCUT2D eigenvalue weighted by Crippen LogP contribution is 2.45. The van der Waals surface area contributed by atoms with Crippen molar-refractivity contribution in [3.63, 3.8) is 0 Å². The summed E-state index contributed by atoms with van der Waals surface area (Å²) in [6.07, 6.45) is -2.41. The number of nitriles is 1. The maximum absolute atomic E-state index is 12.7. The van der Waals surface area contributed by atoms with Gasteiger partial charge in [0.05, 0.1) is 5.69 Å². The van der Waals surface area contributed by atoms with E-state index in [9.17, 15) is 13.2 Å². The van der Waals surface area contributed by atoms with Crippen LogP contribution in [0.3, 0.4) is 0 Å². The number of pyridine rings is 1. The molecule has 0 amide bonds. The number of hydrogen-bond acceptors (Lipinski definition) is 5. The van der Waals surface area contributed by atoms with Gasteiger partial charge in [-0.05, 0) is 42.6 Å². The molecule has 5 nitrogen and oxygen atoms in total. The monoisotopic (exact) mass is 407 g/mol. The van der Waals surface area contributed by atoms with Crippen molar-refractivity contribution >= 4 is 11.9 Å². The number of likely N-dealkylation sites (tertiary alicyclic amines) is 1. The predicted molar refractivity (Wildman–Crippen MR) is 99.2 cm³/mol. The summed E-state index contributed by atoms with van der Waals surface area (Å²) in [7, 11) is 1.87. The van der Waals surface area contributed by atoms with Crippen molar-refractivity contribution in [1.82, 2.24) is 18.8 Å². The second-order valence-corrected chi connectivity index (χ2v) is 8.91. The molecule has 0 aliphatic carbocycles. The molecule has 2 aromatic rings. The van der Waals surface area contributed by atoms with E-state index >= 15 is 0 Å². The first-order valence-corrected chi connectivity index (χ1v) is 9.70. The zero-order chi connectivity index (χ0) is 20.1. The van der Waals surface area contributed by atoms with Crippen molar-refractivity contribution in [2.24, 2.45) is 12.5 Å². The SMILES string of the molecule is Cc1nc(C(F)(F)F)ccc1SN1CC2(CN(Cc3cc(C#N)n(C)c3)C2)C1. The van der Waals surface area contributed by atoms with Gasteiger partial charge in [-0.3, -0.25) is 4.90 Å². The van der Waals surface area contributed by atoms with E-state index in [1.807, 2.05) is 23.9 Å². The van der Waals surface area contributed by atoms with Crippen LogP contribution in [0.25, 0.3) is 0 Å². The Morgan fingerprint density at radius 1 is 1.25 bits per heavy atom. The van der Waals surface area contributed by atoms with Crippen LogP contribution < -0.4 is 0 Å². The Balaban J connectivity index is 1.27. The number of aromatic nitrogens is 2. The molecule has 2 aliphatic heterocycles. The Hall–Kier alpha value is -2.02. The largest absolute Gasteiger partial charge is 0.433 e. The topological polar surface area (TPSA) is 48.1 Å². The highest BCUT2D eigenvalue weighted by molar-refractivity contribution is 7.97. The summed E-state index contributed by atoms with van der Waals surface area (Å²) in [6, 6.07) is 6.66. The standard InChI is InChI=1S/C19H20F3N5S/c1-13-16(3-4-17(24-13)19(20,21)22)28-27-11-18(12-27)9-26(10-18)8-14-5-15(6-23)25(2)7-14/h3-5,7H,8-12H2,1-2H3.